The van der Waals surface area contributed by atoms with Crippen molar-refractivity contribution < 1.29 is 9.59 Å². The second-order valence-electron chi connectivity index (χ2n) is 7.09. The van der Waals surface area contributed by atoms with Gasteiger partial charge in [-0.2, -0.15) is 15.0 Å². The number of carbonyl (C=O) groups excluding carboxylic acids is 2. The average Bonchev–Trinajstić information content (AvgIpc) is 3.49. The minimum atomic E-state index is -0.708. The molecule has 0 saturated heterocycles. The fraction of sp³-hybridized carbons (Fsp3) is 0.190. The first kappa shape index (κ1) is 20.5. The Morgan fingerprint density at radius 1 is 1.13 bits per heavy atom. The number of nitrogens with zero attached hydrogens (tertiary/aromatic N) is 5. The Hall–Kier alpha value is -3.79. The van der Waals surface area contributed by atoms with Gasteiger partial charge in [-0.15, -0.1) is 11.3 Å². The smallest absolute Gasteiger partial charge is 0.253 e. The van der Waals surface area contributed by atoms with Crippen LogP contribution in [0.3, 0.4) is 0 Å². The van der Waals surface area contributed by atoms with Gasteiger partial charge in [0.2, 0.25) is 5.91 Å². The predicted molar refractivity (Wildman–Crippen MR) is 119 cm³/mol. The van der Waals surface area contributed by atoms with Gasteiger partial charge in [-0.1, -0.05) is 18.2 Å². The molecule has 4 rings (SSSR count). The number of anilines is 1. The van der Waals surface area contributed by atoms with Gasteiger partial charge >= 0.3 is 0 Å². The van der Waals surface area contributed by atoms with Crippen LogP contribution in [0.2, 0.25) is 0 Å². The highest BCUT2D eigenvalue weighted by atomic mass is 32.1. The Morgan fingerprint density at radius 3 is 2.58 bits per heavy atom. The lowest BCUT2D eigenvalue weighted by atomic mass is 10.1. The van der Waals surface area contributed by atoms with Crippen LogP contribution in [0, 0.1) is 0 Å². The van der Waals surface area contributed by atoms with Gasteiger partial charge < -0.3 is 15.2 Å². The van der Waals surface area contributed by atoms with Crippen LogP contribution in [0.1, 0.15) is 17.3 Å². The van der Waals surface area contributed by atoms with Crippen LogP contribution in [-0.4, -0.2) is 42.4 Å². The van der Waals surface area contributed by atoms with Crippen LogP contribution >= 0.6 is 11.3 Å². The molecule has 0 spiro atoms. The standard InChI is InChI=1S/C21H21N7O2S/c1-13(23-20(30)16-7-8-27(2)11-16)19(29)25-21-24-18(12-31-21)15-6-4-5-14(9-15)17-10-22-28(3)26-17/h4-13H,1-3H3,(H,23,30)(H,24,25,29)/t13-/m0/s1. The molecule has 0 aliphatic rings. The molecule has 0 aliphatic heterocycles. The lowest BCUT2D eigenvalue weighted by Crippen LogP contribution is -2.41. The van der Waals surface area contributed by atoms with E-state index in [1.807, 2.05) is 36.7 Å². The van der Waals surface area contributed by atoms with E-state index in [-0.39, 0.29) is 11.8 Å². The Bertz CT molecular complexity index is 1240. The molecule has 0 unspecified atom stereocenters. The number of hydrogen-bond donors (Lipinski definition) is 2. The maximum Gasteiger partial charge on any atom is 0.253 e. The van der Waals surface area contributed by atoms with E-state index in [0.717, 1.165) is 22.5 Å². The van der Waals surface area contributed by atoms with Crippen molar-refractivity contribution in [2.24, 2.45) is 14.1 Å². The number of nitrogens with one attached hydrogen (secondary N) is 2. The lowest BCUT2D eigenvalue weighted by molar-refractivity contribution is -0.117. The second-order valence-corrected chi connectivity index (χ2v) is 7.95. The third-order valence-corrected chi connectivity index (χ3v) is 5.38. The Morgan fingerprint density at radius 2 is 1.90 bits per heavy atom. The van der Waals surface area contributed by atoms with Gasteiger partial charge in [0.25, 0.3) is 5.91 Å². The van der Waals surface area contributed by atoms with Crippen LogP contribution in [-0.2, 0) is 18.9 Å². The summed E-state index contributed by atoms with van der Waals surface area (Å²) < 4.78 is 1.77. The SMILES string of the molecule is C[C@H](NC(=O)c1ccn(C)c1)C(=O)Nc1nc(-c2cccc(-c3cnn(C)n3)c2)cs1. The van der Waals surface area contributed by atoms with Gasteiger partial charge in [0.05, 0.1) is 17.5 Å². The fourth-order valence-electron chi connectivity index (χ4n) is 2.98. The summed E-state index contributed by atoms with van der Waals surface area (Å²) in [7, 11) is 3.60. The molecule has 4 aromatic rings. The van der Waals surface area contributed by atoms with Crippen molar-refractivity contribution in [1.29, 1.82) is 0 Å². The zero-order valence-corrected chi connectivity index (χ0v) is 18.1. The number of rotatable bonds is 6. The number of carbonyl (C=O) groups is 2. The molecule has 0 saturated carbocycles. The highest BCUT2D eigenvalue weighted by Crippen LogP contribution is 2.28. The fourth-order valence-corrected chi connectivity index (χ4v) is 3.70. The number of thiazole rings is 1. The monoisotopic (exact) mass is 435 g/mol. The zero-order chi connectivity index (χ0) is 22.0. The summed E-state index contributed by atoms with van der Waals surface area (Å²) in [6, 6.07) is 8.80. The number of aromatic nitrogens is 5. The quantitative estimate of drug-likeness (QED) is 0.484. The summed E-state index contributed by atoms with van der Waals surface area (Å²) in [5.74, 6) is -0.637. The van der Waals surface area contributed by atoms with Crippen LogP contribution in [0.15, 0.2) is 54.3 Å². The van der Waals surface area contributed by atoms with Crippen LogP contribution in [0.4, 0.5) is 5.13 Å². The number of aryl methyl sites for hydroxylation is 2. The third kappa shape index (κ3) is 4.69. The van der Waals surface area contributed by atoms with Crippen LogP contribution in [0.25, 0.3) is 22.5 Å². The van der Waals surface area contributed by atoms with Gasteiger partial charge in [0.1, 0.15) is 11.7 Å². The first-order chi connectivity index (χ1) is 14.9. The Balaban J connectivity index is 1.42. The molecule has 1 atom stereocenters. The second kappa shape index (κ2) is 8.52. The molecule has 2 N–H and O–H groups in total. The van der Waals surface area contributed by atoms with Gasteiger partial charge in [0.15, 0.2) is 5.13 Å². The van der Waals surface area contributed by atoms with E-state index in [2.05, 4.69) is 25.8 Å². The van der Waals surface area contributed by atoms with E-state index in [0.29, 0.717) is 10.7 Å². The molecule has 9 nitrogen and oxygen atoms in total. The molecule has 31 heavy (non-hydrogen) atoms. The first-order valence-corrected chi connectivity index (χ1v) is 10.4. The van der Waals surface area contributed by atoms with Crippen LogP contribution in [0.5, 0.6) is 0 Å². The van der Waals surface area contributed by atoms with Gasteiger partial charge in [0, 0.05) is 43.0 Å². The minimum absolute atomic E-state index is 0.302. The predicted octanol–water partition coefficient (Wildman–Crippen LogP) is 2.70. The number of benzene rings is 1. The van der Waals surface area contributed by atoms with Crippen LogP contribution < -0.4 is 10.6 Å². The maximum absolute atomic E-state index is 12.5. The molecule has 0 aliphatic carbocycles. The molecular formula is C21H21N7O2S. The third-order valence-electron chi connectivity index (χ3n) is 4.62. The van der Waals surface area contributed by atoms with Crippen molar-refractivity contribution >= 4 is 28.3 Å². The number of amides is 2. The highest BCUT2D eigenvalue weighted by Gasteiger charge is 2.18. The first-order valence-electron chi connectivity index (χ1n) is 9.55. The molecule has 2 amide bonds. The summed E-state index contributed by atoms with van der Waals surface area (Å²) in [6.07, 6.45) is 5.18. The summed E-state index contributed by atoms with van der Waals surface area (Å²) in [4.78, 5) is 30.7. The normalized spacial score (nSPS) is 11.8. The summed E-state index contributed by atoms with van der Waals surface area (Å²) in [5, 5.41) is 16.2. The molecule has 0 bridgehead atoms. The summed E-state index contributed by atoms with van der Waals surface area (Å²) in [5.41, 5.74) is 3.86. The van der Waals surface area contributed by atoms with Crippen molar-refractivity contribution in [2.75, 3.05) is 5.32 Å². The van der Waals surface area contributed by atoms with Crippen molar-refractivity contribution in [3.63, 3.8) is 0 Å². The van der Waals surface area contributed by atoms with Gasteiger partial charge in [-0.3, -0.25) is 9.59 Å². The maximum atomic E-state index is 12.5. The highest BCUT2D eigenvalue weighted by molar-refractivity contribution is 7.14. The van der Waals surface area contributed by atoms with Gasteiger partial charge in [-0.05, 0) is 19.1 Å². The van der Waals surface area contributed by atoms with E-state index in [9.17, 15) is 9.59 Å². The largest absolute Gasteiger partial charge is 0.356 e. The average molecular weight is 436 g/mol. The summed E-state index contributed by atoms with van der Waals surface area (Å²) in [6.45, 7) is 1.63. The molecule has 1 aromatic carbocycles. The number of hydrogen-bond acceptors (Lipinski definition) is 6. The van der Waals surface area contributed by atoms with Crippen molar-refractivity contribution in [3.8, 4) is 22.5 Å². The molecule has 0 radical (unpaired) electrons. The lowest BCUT2D eigenvalue weighted by Gasteiger charge is -2.12. The van der Waals surface area contributed by atoms with Crippen molar-refractivity contribution in [1.82, 2.24) is 29.9 Å². The Labute approximate surface area is 182 Å². The van der Waals surface area contributed by atoms with Crippen molar-refractivity contribution in [3.05, 3.63) is 59.9 Å². The van der Waals surface area contributed by atoms with E-state index >= 15 is 0 Å². The zero-order valence-electron chi connectivity index (χ0n) is 17.2. The van der Waals surface area contributed by atoms with E-state index in [1.54, 1.807) is 43.2 Å². The molecule has 158 valence electrons. The van der Waals surface area contributed by atoms with E-state index < -0.39 is 6.04 Å². The van der Waals surface area contributed by atoms with E-state index in [4.69, 9.17) is 0 Å². The van der Waals surface area contributed by atoms with E-state index in [1.165, 1.54) is 16.1 Å². The topological polar surface area (TPSA) is 107 Å². The molecule has 3 aromatic heterocycles. The summed E-state index contributed by atoms with van der Waals surface area (Å²) >= 11 is 1.32. The molecule has 3 heterocycles. The molecule has 0 fully saturated rings. The molecule has 10 heteroatoms. The molecular weight excluding hydrogens is 414 g/mol. The van der Waals surface area contributed by atoms with Gasteiger partial charge in [-0.25, -0.2) is 4.98 Å². The minimum Gasteiger partial charge on any atom is -0.356 e. The van der Waals surface area contributed by atoms with Crippen molar-refractivity contribution in [2.45, 2.75) is 13.0 Å². The Kier molecular flexibility index (Phi) is 5.63.